The highest BCUT2D eigenvalue weighted by atomic mass is 19.1. The number of nitrogens with two attached hydrogens (primary N) is 1. The van der Waals surface area contributed by atoms with Crippen LogP contribution in [0.1, 0.15) is 39.3 Å². The van der Waals surface area contributed by atoms with E-state index in [9.17, 15) is 9.50 Å². The molecule has 0 saturated heterocycles. The number of benzene rings is 1. The van der Waals surface area contributed by atoms with Crippen LogP contribution >= 0.6 is 0 Å². The molecule has 0 spiro atoms. The summed E-state index contributed by atoms with van der Waals surface area (Å²) in [5.41, 5.74) is 6.27. The molecule has 3 N–H and O–H groups in total. The molecule has 1 atom stereocenters. The Bertz CT molecular complexity index is 399. The zero-order chi connectivity index (χ0) is 13.9. The van der Waals surface area contributed by atoms with Gasteiger partial charge in [-0.15, -0.1) is 0 Å². The molecule has 1 unspecified atom stereocenters. The smallest absolute Gasteiger partial charge is 0.130 e. The van der Waals surface area contributed by atoms with Crippen LogP contribution in [-0.2, 0) is 0 Å². The first kappa shape index (κ1) is 14.9. The van der Waals surface area contributed by atoms with Crippen molar-refractivity contribution in [2.24, 2.45) is 5.73 Å². The highest BCUT2D eigenvalue weighted by Crippen LogP contribution is 2.28. The maximum Gasteiger partial charge on any atom is 0.130 e. The average molecular weight is 254 g/mol. The normalized spacial score (nSPS) is 13.5. The van der Waals surface area contributed by atoms with Crippen LogP contribution in [0.5, 0.6) is 0 Å². The molecule has 0 aliphatic rings. The number of anilines is 1. The van der Waals surface area contributed by atoms with Crippen LogP contribution < -0.4 is 10.6 Å². The van der Waals surface area contributed by atoms with E-state index in [1.165, 1.54) is 6.07 Å². The van der Waals surface area contributed by atoms with E-state index in [-0.39, 0.29) is 11.9 Å². The average Bonchev–Trinajstić information content (AvgIpc) is 2.23. The number of aliphatic hydroxyl groups is 1. The first-order chi connectivity index (χ1) is 8.26. The van der Waals surface area contributed by atoms with Gasteiger partial charge in [0.1, 0.15) is 5.82 Å². The van der Waals surface area contributed by atoms with Crippen LogP contribution in [0, 0.1) is 5.82 Å². The van der Waals surface area contributed by atoms with E-state index in [4.69, 9.17) is 5.73 Å². The maximum absolute atomic E-state index is 13.9. The molecule has 1 rings (SSSR count). The van der Waals surface area contributed by atoms with Gasteiger partial charge in [0.05, 0.1) is 5.60 Å². The van der Waals surface area contributed by atoms with E-state index in [2.05, 4.69) is 0 Å². The van der Waals surface area contributed by atoms with Gasteiger partial charge in [-0.05, 0) is 39.8 Å². The summed E-state index contributed by atoms with van der Waals surface area (Å²) in [6.07, 6.45) is 0. The summed E-state index contributed by atoms with van der Waals surface area (Å²) in [4.78, 5) is 1.95. The highest BCUT2D eigenvalue weighted by molar-refractivity contribution is 5.55. The van der Waals surface area contributed by atoms with E-state index in [0.29, 0.717) is 18.7 Å². The standard InChI is InChI=1S/C14H23FN2O/c1-5-17(9-14(3,4)18)12-8-6-7-11(15)13(12)10(2)16/h6-8,10,18H,5,9,16H2,1-4H3. The van der Waals surface area contributed by atoms with Crippen LogP contribution in [0.25, 0.3) is 0 Å². The molecule has 0 aliphatic carbocycles. The molecule has 1 aromatic rings. The van der Waals surface area contributed by atoms with E-state index in [0.717, 1.165) is 5.69 Å². The molecule has 4 heteroatoms. The molecule has 0 radical (unpaired) electrons. The number of hydrogen-bond acceptors (Lipinski definition) is 3. The molecule has 0 fully saturated rings. The molecule has 0 amide bonds. The lowest BCUT2D eigenvalue weighted by molar-refractivity contribution is 0.0875. The third kappa shape index (κ3) is 3.68. The van der Waals surface area contributed by atoms with Crippen LogP contribution in [-0.4, -0.2) is 23.8 Å². The monoisotopic (exact) mass is 254 g/mol. The first-order valence-electron chi connectivity index (χ1n) is 6.27. The second kappa shape index (κ2) is 5.67. The zero-order valence-corrected chi connectivity index (χ0v) is 11.6. The Balaban J connectivity index is 3.17. The molecule has 18 heavy (non-hydrogen) atoms. The fourth-order valence-electron chi connectivity index (χ4n) is 2.09. The Hall–Kier alpha value is -1.13. The molecule has 1 aromatic carbocycles. The Morgan fingerprint density at radius 1 is 1.44 bits per heavy atom. The summed E-state index contributed by atoms with van der Waals surface area (Å²) in [5, 5.41) is 9.91. The van der Waals surface area contributed by atoms with Gasteiger partial charge in [0.25, 0.3) is 0 Å². The van der Waals surface area contributed by atoms with E-state index < -0.39 is 5.60 Å². The molecular weight excluding hydrogens is 231 g/mol. The molecular formula is C14H23FN2O. The van der Waals surface area contributed by atoms with E-state index >= 15 is 0 Å². The van der Waals surface area contributed by atoms with Gasteiger partial charge in [0.2, 0.25) is 0 Å². The van der Waals surface area contributed by atoms with Gasteiger partial charge in [-0.2, -0.15) is 0 Å². The Morgan fingerprint density at radius 3 is 2.50 bits per heavy atom. The lowest BCUT2D eigenvalue weighted by Gasteiger charge is -2.32. The third-order valence-corrected chi connectivity index (χ3v) is 2.79. The molecule has 0 aromatic heterocycles. The summed E-state index contributed by atoms with van der Waals surface area (Å²) in [6.45, 7) is 8.34. The number of likely N-dealkylation sites (N-methyl/N-ethyl adjacent to an activating group) is 1. The molecule has 0 bridgehead atoms. The Kier molecular flexibility index (Phi) is 4.71. The largest absolute Gasteiger partial charge is 0.389 e. The van der Waals surface area contributed by atoms with E-state index in [1.54, 1.807) is 26.8 Å². The number of rotatable bonds is 5. The van der Waals surface area contributed by atoms with Gasteiger partial charge < -0.3 is 15.7 Å². The molecule has 0 aliphatic heterocycles. The minimum absolute atomic E-state index is 0.295. The number of hydrogen-bond donors (Lipinski definition) is 2. The Morgan fingerprint density at radius 2 is 2.06 bits per heavy atom. The van der Waals surface area contributed by atoms with Gasteiger partial charge in [-0.25, -0.2) is 4.39 Å². The van der Waals surface area contributed by atoms with Crippen molar-refractivity contribution >= 4 is 5.69 Å². The maximum atomic E-state index is 13.9. The molecule has 0 saturated carbocycles. The second-order valence-corrected chi connectivity index (χ2v) is 5.29. The van der Waals surface area contributed by atoms with Crippen molar-refractivity contribution in [2.75, 3.05) is 18.0 Å². The van der Waals surface area contributed by atoms with Crippen LogP contribution in [0.4, 0.5) is 10.1 Å². The van der Waals surface area contributed by atoms with Crippen LogP contribution in [0.15, 0.2) is 18.2 Å². The van der Waals surface area contributed by atoms with Crippen molar-refractivity contribution in [2.45, 2.75) is 39.3 Å². The van der Waals surface area contributed by atoms with Gasteiger partial charge in [0.15, 0.2) is 0 Å². The SMILES string of the molecule is CCN(CC(C)(C)O)c1cccc(F)c1C(C)N. The quantitative estimate of drug-likeness (QED) is 0.848. The van der Waals surface area contributed by atoms with Crippen molar-refractivity contribution in [3.8, 4) is 0 Å². The highest BCUT2D eigenvalue weighted by Gasteiger charge is 2.22. The fourth-order valence-corrected chi connectivity index (χ4v) is 2.09. The predicted molar refractivity (Wildman–Crippen MR) is 73.2 cm³/mol. The van der Waals surface area contributed by atoms with Crippen LogP contribution in [0.3, 0.4) is 0 Å². The molecule has 3 nitrogen and oxygen atoms in total. The molecule has 102 valence electrons. The summed E-state index contributed by atoms with van der Waals surface area (Å²) < 4.78 is 13.9. The topological polar surface area (TPSA) is 49.5 Å². The second-order valence-electron chi connectivity index (χ2n) is 5.29. The lowest BCUT2D eigenvalue weighted by Crippen LogP contribution is -2.39. The zero-order valence-electron chi connectivity index (χ0n) is 11.6. The van der Waals surface area contributed by atoms with Gasteiger partial charge in [-0.1, -0.05) is 6.07 Å². The summed E-state index contributed by atoms with van der Waals surface area (Å²) in [7, 11) is 0. The summed E-state index contributed by atoms with van der Waals surface area (Å²) >= 11 is 0. The predicted octanol–water partition coefficient (Wildman–Crippen LogP) is 2.44. The van der Waals surface area contributed by atoms with Gasteiger partial charge >= 0.3 is 0 Å². The first-order valence-corrected chi connectivity index (χ1v) is 6.27. The third-order valence-electron chi connectivity index (χ3n) is 2.79. The van der Waals surface area contributed by atoms with Gasteiger partial charge in [0, 0.05) is 30.4 Å². The minimum Gasteiger partial charge on any atom is -0.389 e. The number of nitrogens with zero attached hydrogens (tertiary/aromatic N) is 1. The minimum atomic E-state index is -0.836. The van der Waals surface area contributed by atoms with Crippen molar-refractivity contribution < 1.29 is 9.50 Å². The van der Waals surface area contributed by atoms with Crippen molar-refractivity contribution in [3.63, 3.8) is 0 Å². The summed E-state index contributed by atoms with van der Waals surface area (Å²) in [5.74, 6) is -0.295. The summed E-state index contributed by atoms with van der Waals surface area (Å²) in [6, 6.07) is 4.55. The fraction of sp³-hybridized carbons (Fsp3) is 0.571. The lowest BCUT2D eigenvalue weighted by atomic mass is 10.0. The van der Waals surface area contributed by atoms with Crippen molar-refractivity contribution in [3.05, 3.63) is 29.6 Å². The van der Waals surface area contributed by atoms with E-state index in [1.807, 2.05) is 17.9 Å². The van der Waals surface area contributed by atoms with Crippen LogP contribution in [0.2, 0.25) is 0 Å². The van der Waals surface area contributed by atoms with Crippen molar-refractivity contribution in [1.29, 1.82) is 0 Å². The van der Waals surface area contributed by atoms with Crippen molar-refractivity contribution in [1.82, 2.24) is 0 Å². The molecule has 0 heterocycles. The number of halogens is 1. The Labute approximate surface area is 108 Å². The van der Waals surface area contributed by atoms with Gasteiger partial charge in [-0.3, -0.25) is 0 Å².